The van der Waals surface area contributed by atoms with Gasteiger partial charge in [0.1, 0.15) is 11.9 Å². The van der Waals surface area contributed by atoms with E-state index in [-0.39, 0.29) is 0 Å². The van der Waals surface area contributed by atoms with Crippen LogP contribution in [0.1, 0.15) is 19.8 Å². The molecule has 2 aliphatic heterocycles. The molecule has 6 heteroatoms. The molecule has 1 unspecified atom stereocenters. The Hall–Kier alpha value is -1.79. The SMILES string of the molecule is CN=C(NCC(C)N1CCN(C)CC1)N1CCC(Oc2ccccc2)CC1. The van der Waals surface area contributed by atoms with Crippen LogP contribution in [0.5, 0.6) is 5.75 Å². The molecule has 2 heterocycles. The lowest BCUT2D eigenvalue weighted by atomic mass is 10.1. The van der Waals surface area contributed by atoms with Gasteiger partial charge in [0, 0.05) is 71.7 Å². The highest BCUT2D eigenvalue weighted by Gasteiger charge is 2.24. The van der Waals surface area contributed by atoms with E-state index < -0.39 is 0 Å². The summed E-state index contributed by atoms with van der Waals surface area (Å²) in [5.74, 6) is 1.99. The van der Waals surface area contributed by atoms with E-state index in [1.54, 1.807) is 0 Å². The summed E-state index contributed by atoms with van der Waals surface area (Å²) in [6.45, 7) is 9.85. The lowest BCUT2D eigenvalue weighted by molar-refractivity contribution is 0.117. The average Bonchev–Trinajstić information content (AvgIpc) is 2.71. The molecule has 0 amide bonds. The Labute approximate surface area is 164 Å². The molecule has 6 nitrogen and oxygen atoms in total. The topological polar surface area (TPSA) is 43.3 Å². The number of nitrogens with zero attached hydrogens (tertiary/aromatic N) is 4. The van der Waals surface area contributed by atoms with E-state index in [1.165, 1.54) is 0 Å². The first-order chi connectivity index (χ1) is 13.2. The lowest BCUT2D eigenvalue weighted by Crippen LogP contribution is -2.53. The predicted octanol–water partition coefficient (Wildman–Crippen LogP) is 1.74. The summed E-state index contributed by atoms with van der Waals surface area (Å²) in [4.78, 5) is 11.8. The number of para-hydroxylation sites is 1. The zero-order valence-corrected chi connectivity index (χ0v) is 17.1. The first-order valence-electron chi connectivity index (χ1n) is 10.3. The molecule has 2 saturated heterocycles. The highest BCUT2D eigenvalue weighted by Crippen LogP contribution is 2.18. The van der Waals surface area contributed by atoms with Crippen molar-refractivity contribution in [3.63, 3.8) is 0 Å². The van der Waals surface area contributed by atoms with E-state index in [0.717, 1.165) is 70.4 Å². The van der Waals surface area contributed by atoms with Crippen LogP contribution in [0.3, 0.4) is 0 Å². The van der Waals surface area contributed by atoms with Crippen LogP contribution in [0.4, 0.5) is 0 Å². The van der Waals surface area contributed by atoms with Gasteiger partial charge in [-0.15, -0.1) is 0 Å². The fraction of sp³-hybridized carbons (Fsp3) is 0.667. The maximum atomic E-state index is 6.11. The second-order valence-corrected chi connectivity index (χ2v) is 7.73. The minimum Gasteiger partial charge on any atom is -0.490 e. The Morgan fingerprint density at radius 3 is 2.41 bits per heavy atom. The van der Waals surface area contributed by atoms with Crippen LogP contribution in [-0.4, -0.2) is 92.7 Å². The van der Waals surface area contributed by atoms with Crippen LogP contribution >= 0.6 is 0 Å². The molecule has 2 aliphatic rings. The lowest BCUT2D eigenvalue weighted by Gasteiger charge is -2.38. The summed E-state index contributed by atoms with van der Waals surface area (Å²) in [7, 11) is 4.09. The maximum absolute atomic E-state index is 6.11. The van der Waals surface area contributed by atoms with E-state index in [2.05, 4.69) is 39.0 Å². The summed E-state index contributed by atoms with van der Waals surface area (Å²) in [6, 6.07) is 10.7. The molecule has 0 bridgehead atoms. The fourth-order valence-corrected chi connectivity index (χ4v) is 3.84. The minimum absolute atomic E-state index is 0.297. The molecule has 0 radical (unpaired) electrons. The van der Waals surface area contributed by atoms with Gasteiger partial charge >= 0.3 is 0 Å². The zero-order valence-electron chi connectivity index (χ0n) is 17.1. The van der Waals surface area contributed by atoms with E-state index >= 15 is 0 Å². The number of nitrogens with one attached hydrogen (secondary N) is 1. The molecule has 1 aromatic carbocycles. The predicted molar refractivity (Wildman–Crippen MR) is 112 cm³/mol. The molecule has 1 atom stereocenters. The summed E-state index contributed by atoms with van der Waals surface area (Å²) < 4.78 is 6.11. The number of piperazine rings is 1. The number of ether oxygens (including phenoxy) is 1. The molecule has 0 saturated carbocycles. The number of likely N-dealkylation sites (tertiary alicyclic amines) is 1. The summed E-state index contributed by atoms with van der Waals surface area (Å²) in [5.41, 5.74) is 0. The molecule has 1 aromatic rings. The fourth-order valence-electron chi connectivity index (χ4n) is 3.84. The number of rotatable bonds is 5. The molecule has 0 aliphatic carbocycles. The Bertz CT molecular complexity index is 577. The van der Waals surface area contributed by atoms with Crippen molar-refractivity contribution in [2.45, 2.75) is 31.9 Å². The van der Waals surface area contributed by atoms with Crippen LogP contribution in [0, 0.1) is 0 Å². The molecule has 2 fully saturated rings. The highest BCUT2D eigenvalue weighted by atomic mass is 16.5. The molecule has 27 heavy (non-hydrogen) atoms. The van der Waals surface area contributed by atoms with Crippen LogP contribution in [-0.2, 0) is 0 Å². The number of aliphatic imine (C=N–C) groups is 1. The van der Waals surface area contributed by atoms with Gasteiger partial charge < -0.3 is 19.9 Å². The third kappa shape index (κ3) is 5.84. The van der Waals surface area contributed by atoms with Gasteiger partial charge in [0.05, 0.1) is 0 Å². The Morgan fingerprint density at radius 2 is 1.78 bits per heavy atom. The number of likely N-dealkylation sites (N-methyl/N-ethyl adjacent to an activating group) is 1. The quantitative estimate of drug-likeness (QED) is 0.629. The number of hydrogen-bond donors (Lipinski definition) is 1. The summed E-state index contributed by atoms with van der Waals surface area (Å²) in [6.07, 6.45) is 2.36. The smallest absolute Gasteiger partial charge is 0.193 e. The van der Waals surface area contributed by atoms with Gasteiger partial charge in [-0.2, -0.15) is 0 Å². The molecular formula is C21H35N5O. The molecule has 150 valence electrons. The normalized spacial score (nSPS) is 21.9. The average molecular weight is 374 g/mol. The summed E-state index contributed by atoms with van der Waals surface area (Å²) >= 11 is 0. The van der Waals surface area contributed by atoms with Gasteiger partial charge in [0.25, 0.3) is 0 Å². The van der Waals surface area contributed by atoms with Crippen molar-refractivity contribution in [2.24, 2.45) is 4.99 Å². The van der Waals surface area contributed by atoms with Crippen LogP contribution in [0.15, 0.2) is 35.3 Å². The van der Waals surface area contributed by atoms with Crippen LogP contribution < -0.4 is 10.1 Å². The van der Waals surface area contributed by atoms with Crippen molar-refractivity contribution >= 4 is 5.96 Å². The van der Waals surface area contributed by atoms with Gasteiger partial charge in [0.2, 0.25) is 0 Å². The van der Waals surface area contributed by atoms with Crippen molar-refractivity contribution in [1.29, 1.82) is 0 Å². The van der Waals surface area contributed by atoms with Gasteiger partial charge in [-0.05, 0) is 26.1 Å². The number of piperidine rings is 1. The largest absolute Gasteiger partial charge is 0.490 e. The Morgan fingerprint density at radius 1 is 1.11 bits per heavy atom. The molecule has 1 N–H and O–H groups in total. The van der Waals surface area contributed by atoms with Crippen molar-refractivity contribution in [3.05, 3.63) is 30.3 Å². The van der Waals surface area contributed by atoms with Crippen LogP contribution in [0.2, 0.25) is 0 Å². The monoisotopic (exact) mass is 373 g/mol. The third-order valence-corrected chi connectivity index (χ3v) is 5.72. The van der Waals surface area contributed by atoms with Gasteiger partial charge in [0.15, 0.2) is 5.96 Å². The van der Waals surface area contributed by atoms with Crippen molar-refractivity contribution in [3.8, 4) is 5.75 Å². The van der Waals surface area contributed by atoms with Crippen molar-refractivity contribution in [1.82, 2.24) is 20.0 Å². The van der Waals surface area contributed by atoms with Gasteiger partial charge in [-0.1, -0.05) is 18.2 Å². The van der Waals surface area contributed by atoms with Gasteiger partial charge in [-0.3, -0.25) is 9.89 Å². The number of hydrogen-bond acceptors (Lipinski definition) is 4. The van der Waals surface area contributed by atoms with Crippen molar-refractivity contribution in [2.75, 3.05) is 59.9 Å². The van der Waals surface area contributed by atoms with Crippen LogP contribution in [0.25, 0.3) is 0 Å². The minimum atomic E-state index is 0.297. The zero-order chi connectivity index (χ0) is 19.1. The van der Waals surface area contributed by atoms with E-state index in [9.17, 15) is 0 Å². The highest BCUT2D eigenvalue weighted by molar-refractivity contribution is 5.80. The molecular weight excluding hydrogens is 338 g/mol. The van der Waals surface area contributed by atoms with E-state index in [1.807, 2.05) is 37.4 Å². The second kappa shape index (κ2) is 9.95. The maximum Gasteiger partial charge on any atom is 0.193 e. The standard InChI is InChI=1S/C21H35N5O/c1-18(25-15-13-24(3)14-16-25)17-23-21(22-2)26-11-9-20(10-12-26)27-19-7-5-4-6-8-19/h4-8,18,20H,9-17H2,1-3H3,(H,22,23). The van der Waals surface area contributed by atoms with E-state index in [4.69, 9.17) is 4.74 Å². The van der Waals surface area contributed by atoms with Crippen molar-refractivity contribution < 1.29 is 4.74 Å². The number of benzene rings is 1. The Kier molecular flexibility index (Phi) is 7.35. The number of guanidine groups is 1. The summed E-state index contributed by atoms with van der Waals surface area (Å²) in [5, 5.41) is 3.59. The third-order valence-electron chi connectivity index (χ3n) is 5.72. The second-order valence-electron chi connectivity index (χ2n) is 7.73. The first-order valence-corrected chi connectivity index (χ1v) is 10.3. The molecule has 3 rings (SSSR count). The van der Waals surface area contributed by atoms with Gasteiger partial charge in [-0.25, -0.2) is 0 Å². The molecule has 0 spiro atoms. The first kappa shape index (κ1) is 20.0. The molecule has 0 aromatic heterocycles. The Balaban J connectivity index is 1.41. The van der Waals surface area contributed by atoms with E-state index in [0.29, 0.717) is 12.1 Å².